The number of H-pyrrole nitrogens is 1. The molecule has 2 aromatic rings. The maximum absolute atomic E-state index is 12.1. The van der Waals surface area contributed by atoms with E-state index >= 15 is 0 Å². The van der Waals surface area contributed by atoms with Gasteiger partial charge in [0.05, 0.1) is 11.4 Å². The molecule has 0 aliphatic heterocycles. The van der Waals surface area contributed by atoms with Crippen LogP contribution in [0.5, 0.6) is 0 Å². The fourth-order valence-corrected chi connectivity index (χ4v) is 2.48. The Bertz CT molecular complexity index is 676. The second-order valence-electron chi connectivity index (χ2n) is 7.55. The molecule has 0 fully saturated rings. The van der Waals surface area contributed by atoms with Gasteiger partial charge in [0.15, 0.2) is 0 Å². The number of hydrogen-bond acceptors (Lipinski definition) is 2. The molecule has 2 N–H and O–H groups in total. The second kappa shape index (κ2) is 6.57. The molecule has 0 atom stereocenters. The average molecular weight is 313 g/mol. The summed E-state index contributed by atoms with van der Waals surface area (Å²) in [5.41, 5.74) is 4.84. The van der Waals surface area contributed by atoms with Gasteiger partial charge in [0.2, 0.25) is 5.91 Å². The second-order valence-corrected chi connectivity index (χ2v) is 7.55. The number of rotatable bonds is 4. The number of carbonyl (C=O) groups is 1. The van der Waals surface area contributed by atoms with E-state index in [0.717, 1.165) is 22.6 Å². The van der Waals surface area contributed by atoms with Gasteiger partial charge in [-0.15, -0.1) is 0 Å². The summed E-state index contributed by atoms with van der Waals surface area (Å²) >= 11 is 0. The molecule has 0 aliphatic rings. The number of aromatic nitrogens is 2. The summed E-state index contributed by atoms with van der Waals surface area (Å²) in [4.78, 5) is 12.1. The third-order valence-corrected chi connectivity index (χ3v) is 3.83. The van der Waals surface area contributed by atoms with Crippen LogP contribution in [0.15, 0.2) is 24.3 Å². The summed E-state index contributed by atoms with van der Waals surface area (Å²) in [7, 11) is 0. The Hall–Kier alpha value is -2.10. The fraction of sp³-hybridized carbons (Fsp3) is 0.474. The number of carbonyl (C=O) groups excluding carboxylic acids is 1. The molecule has 0 saturated heterocycles. The molecule has 2 rings (SSSR count). The zero-order chi connectivity index (χ0) is 17.2. The quantitative estimate of drug-likeness (QED) is 0.862. The Morgan fingerprint density at radius 3 is 2.35 bits per heavy atom. The van der Waals surface area contributed by atoms with Crippen LogP contribution in [-0.4, -0.2) is 16.1 Å². The van der Waals surface area contributed by atoms with Crippen molar-refractivity contribution in [1.29, 1.82) is 0 Å². The topological polar surface area (TPSA) is 57.8 Å². The van der Waals surface area contributed by atoms with Crippen molar-refractivity contribution in [2.24, 2.45) is 5.92 Å². The van der Waals surface area contributed by atoms with Gasteiger partial charge in [0.25, 0.3) is 0 Å². The van der Waals surface area contributed by atoms with E-state index in [4.69, 9.17) is 0 Å². The molecule has 124 valence electrons. The number of hydrogen-bond donors (Lipinski definition) is 2. The minimum absolute atomic E-state index is 0.0251. The molecule has 0 unspecified atom stereocenters. The summed E-state index contributed by atoms with van der Waals surface area (Å²) in [6.07, 6.45) is 0.507. The Morgan fingerprint density at radius 1 is 1.22 bits per heavy atom. The first kappa shape index (κ1) is 17.3. The third-order valence-electron chi connectivity index (χ3n) is 3.83. The Morgan fingerprint density at radius 2 is 1.83 bits per heavy atom. The highest BCUT2D eigenvalue weighted by molar-refractivity contribution is 5.95. The summed E-state index contributed by atoms with van der Waals surface area (Å²) < 4.78 is 0. The number of nitrogens with one attached hydrogen (secondary N) is 2. The lowest BCUT2D eigenvalue weighted by molar-refractivity contribution is -0.116. The molecule has 1 aromatic heterocycles. The fourth-order valence-electron chi connectivity index (χ4n) is 2.48. The lowest BCUT2D eigenvalue weighted by Crippen LogP contribution is -2.14. The molecule has 0 aliphatic carbocycles. The van der Waals surface area contributed by atoms with Crippen molar-refractivity contribution in [2.45, 2.75) is 53.4 Å². The van der Waals surface area contributed by atoms with Gasteiger partial charge in [-0.3, -0.25) is 9.89 Å². The van der Waals surface area contributed by atoms with Crippen molar-refractivity contribution in [1.82, 2.24) is 10.2 Å². The average Bonchev–Trinajstić information content (AvgIpc) is 2.78. The molecule has 0 radical (unpaired) electrons. The van der Waals surface area contributed by atoms with Gasteiger partial charge in [-0.1, -0.05) is 58.9 Å². The summed E-state index contributed by atoms with van der Waals surface area (Å²) in [6, 6.07) is 8.38. The minimum atomic E-state index is 0.0251. The van der Waals surface area contributed by atoms with E-state index in [1.165, 1.54) is 5.56 Å². The smallest absolute Gasteiger partial charge is 0.224 e. The highest BCUT2D eigenvalue weighted by atomic mass is 16.1. The van der Waals surface area contributed by atoms with Crippen molar-refractivity contribution in [3.8, 4) is 11.3 Å². The number of amides is 1. The number of nitrogens with zero attached hydrogens (tertiary/aromatic N) is 1. The van der Waals surface area contributed by atoms with Crippen LogP contribution in [0.25, 0.3) is 11.3 Å². The maximum atomic E-state index is 12.1. The zero-order valence-electron chi connectivity index (χ0n) is 14.9. The number of aromatic amines is 1. The highest BCUT2D eigenvalue weighted by Crippen LogP contribution is 2.31. The first-order valence-corrected chi connectivity index (χ1v) is 8.14. The number of anilines is 1. The van der Waals surface area contributed by atoms with Gasteiger partial charge in [-0.2, -0.15) is 5.10 Å². The monoisotopic (exact) mass is 313 g/mol. The summed E-state index contributed by atoms with van der Waals surface area (Å²) in [5.74, 6) is 0.355. The van der Waals surface area contributed by atoms with Gasteiger partial charge >= 0.3 is 0 Å². The van der Waals surface area contributed by atoms with Crippen molar-refractivity contribution in [2.75, 3.05) is 5.32 Å². The number of aryl methyl sites for hydroxylation is 1. The highest BCUT2D eigenvalue weighted by Gasteiger charge is 2.17. The van der Waals surface area contributed by atoms with Crippen LogP contribution in [0.3, 0.4) is 0 Å². The van der Waals surface area contributed by atoms with E-state index in [2.05, 4.69) is 60.6 Å². The molecular formula is C19H27N3O. The third kappa shape index (κ3) is 4.21. The van der Waals surface area contributed by atoms with Crippen molar-refractivity contribution in [3.05, 3.63) is 35.5 Å². The zero-order valence-corrected chi connectivity index (χ0v) is 14.9. The SMILES string of the molecule is Cc1[nH]nc(-c2ccc(C(C)(C)C)cc2)c1NC(=O)CC(C)C. The van der Waals surface area contributed by atoms with Gasteiger partial charge < -0.3 is 5.32 Å². The van der Waals surface area contributed by atoms with Crippen LogP contribution in [0.4, 0.5) is 5.69 Å². The van der Waals surface area contributed by atoms with E-state index in [0.29, 0.717) is 12.3 Å². The first-order valence-electron chi connectivity index (χ1n) is 8.14. The summed E-state index contributed by atoms with van der Waals surface area (Å²) in [5, 5.41) is 10.3. The van der Waals surface area contributed by atoms with E-state index in [1.807, 2.05) is 20.8 Å². The minimum Gasteiger partial charge on any atom is -0.323 e. The van der Waals surface area contributed by atoms with Gasteiger partial charge in [-0.25, -0.2) is 0 Å². The Balaban J connectivity index is 2.29. The van der Waals surface area contributed by atoms with E-state index in [-0.39, 0.29) is 11.3 Å². The molecule has 23 heavy (non-hydrogen) atoms. The largest absolute Gasteiger partial charge is 0.323 e. The molecule has 1 aromatic carbocycles. The number of benzene rings is 1. The first-order chi connectivity index (χ1) is 10.7. The van der Waals surface area contributed by atoms with Crippen LogP contribution < -0.4 is 5.32 Å². The van der Waals surface area contributed by atoms with Crippen molar-refractivity contribution in [3.63, 3.8) is 0 Å². The maximum Gasteiger partial charge on any atom is 0.224 e. The van der Waals surface area contributed by atoms with Crippen LogP contribution in [0, 0.1) is 12.8 Å². The van der Waals surface area contributed by atoms with Crippen molar-refractivity contribution >= 4 is 11.6 Å². The predicted molar refractivity (Wildman–Crippen MR) is 95.5 cm³/mol. The normalized spacial score (nSPS) is 11.8. The van der Waals surface area contributed by atoms with E-state index < -0.39 is 0 Å². The van der Waals surface area contributed by atoms with Gasteiger partial charge in [-0.05, 0) is 23.8 Å². The van der Waals surface area contributed by atoms with Crippen LogP contribution in [0.2, 0.25) is 0 Å². The lowest BCUT2D eigenvalue weighted by atomic mass is 9.86. The molecule has 0 bridgehead atoms. The lowest BCUT2D eigenvalue weighted by Gasteiger charge is -2.19. The predicted octanol–water partition coefficient (Wildman–Crippen LogP) is 4.67. The molecule has 0 spiro atoms. The van der Waals surface area contributed by atoms with Gasteiger partial charge in [0, 0.05) is 12.0 Å². The van der Waals surface area contributed by atoms with E-state index in [1.54, 1.807) is 0 Å². The molecule has 4 nitrogen and oxygen atoms in total. The summed E-state index contributed by atoms with van der Waals surface area (Å²) in [6.45, 7) is 12.6. The Labute approximate surface area is 138 Å². The molecule has 1 heterocycles. The Kier molecular flexibility index (Phi) is 4.93. The van der Waals surface area contributed by atoms with Crippen LogP contribution in [0.1, 0.15) is 52.3 Å². The van der Waals surface area contributed by atoms with Crippen LogP contribution in [-0.2, 0) is 10.2 Å². The van der Waals surface area contributed by atoms with Crippen molar-refractivity contribution < 1.29 is 4.79 Å². The standard InChI is InChI=1S/C19H27N3O/c1-12(2)11-16(23)20-17-13(3)21-22-18(17)14-7-9-15(10-8-14)19(4,5)6/h7-10,12H,11H2,1-6H3,(H,20,23)(H,21,22). The van der Waals surface area contributed by atoms with Crippen LogP contribution >= 0.6 is 0 Å². The molecule has 0 saturated carbocycles. The molecule has 4 heteroatoms. The molecular weight excluding hydrogens is 286 g/mol. The molecule has 1 amide bonds. The van der Waals surface area contributed by atoms with E-state index in [9.17, 15) is 4.79 Å². The van der Waals surface area contributed by atoms with Gasteiger partial charge in [0.1, 0.15) is 5.69 Å².